The molecule has 1 aliphatic heterocycles. The number of nitrogens with zero attached hydrogens (tertiary/aromatic N) is 1. The number of likely N-dealkylation sites (tertiary alicyclic amines) is 1. The molecule has 7 heteroatoms. The maximum Gasteiger partial charge on any atom is 0.408 e. The van der Waals surface area contributed by atoms with Gasteiger partial charge in [0.05, 0.1) is 0 Å². The van der Waals surface area contributed by atoms with Crippen LogP contribution in [0, 0.1) is 0 Å². The van der Waals surface area contributed by atoms with Crippen LogP contribution in [0.1, 0.15) is 47.5 Å². The van der Waals surface area contributed by atoms with Crippen LogP contribution in [-0.2, 0) is 14.3 Å². The van der Waals surface area contributed by atoms with Crippen LogP contribution >= 0.6 is 11.6 Å². The fraction of sp³-hybridized carbons (Fsp3) is 0.867. The minimum Gasteiger partial charge on any atom is -0.448 e. The summed E-state index contributed by atoms with van der Waals surface area (Å²) in [5.74, 6) is -0.503. The summed E-state index contributed by atoms with van der Waals surface area (Å²) in [5, 5.41) is 2.71. The molecule has 0 radical (unpaired) electrons. The predicted molar refractivity (Wildman–Crippen MR) is 84.9 cm³/mol. The molecule has 1 rings (SSSR count). The van der Waals surface area contributed by atoms with E-state index in [4.69, 9.17) is 21.1 Å². The summed E-state index contributed by atoms with van der Waals surface area (Å²) in [7, 11) is 0. The number of ether oxygens (including phenoxy) is 2. The molecule has 1 heterocycles. The molecule has 22 heavy (non-hydrogen) atoms. The lowest BCUT2D eigenvalue weighted by Gasteiger charge is -2.41. The number of esters is 1. The van der Waals surface area contributed by atoms with Crippen molar-refractivity contribution in [2.24, 2.45) is 0 Å². The number of hydrogen-bond donors (Lipinski definition) is 1. The topological polar surface area (TPSA) is 67.9 Å². The Balaban J connectivity index is 2.81. The Hall–Kier alpha value is -1.01. The van der Waals surface area contributed by atoms with E-state index in [2.05, 4.69) is 24.1 Å². The molecule has 1 N–H and O–H groups in total. The Morgan fingerprint density at radius 1 is 1.27 bits per heavy atom. The summed E-state index contributed by atoms with van der Waals surface area (Å²) in [5.41, 5.74) is -1.69. The van der Waals surface area contributed by atoms with Crippen molar-refractivity contribution in [2.45, 2.75) is 64.6 Å². The molecular weight excluding hydrogens is 308 g/mol. The molecule has 1 saturated heterocycles. The van der Waals surface area contributed by atoms with Gasteiger partial charge in [-0.2, -0.15) is 0 Å². The normalized spacial score (nSPS) is 18.9. The first kappa shape index (κ1) is 19.0. The van der Waals surface area contributed by atoms with Gasteiger partial charge in [0.2, 0.25) is 0 Å². The average Bonchev–Trinajstić information content (AvgIpc) is 2.37. The van der Waals surface area contributed by atoms with Crippen LogP contribution < -0.4 is 5.32 Å². The molecule has 1 aliphatic rings. The summed E-state index contributed by atoms with van der Waals surface area (Å²) >= 11 is 5.50. The van der Waals surface area contributed by atoms with Crippen molar-refractivity contribution in [3.05, 3.63) is 0 Å². The van der Waals surface area contributed by atoms with Gasteiger partial charge >= 0.3 is 12.1 Å². The van der Waals surface area contributed by atoms with Gasteiger partial charge in [-0.15, -0.1) is 0 Å². The molecule has 1 amide bonds. The highest BCUT2D eigenvalue weighted by Crippen LogP contribution is 2.26. The number of halogens is 1. The van der Waals surface area contributed by atoms with Crippen LogP contribution in [0.4, 0.5) is 4.79 Å². The van der Waals surface area contributed by atoms with E-state index in [1.807, 2.05) is 0 Å². The number of alkyl halides is 1. The number of rotatable bonds is 4. The number of amides is 1. The van der Waals surface area contributed by atoms with Crippen molar-refractivity contribution in [1.82, 2.24) is 10.2 Å². The molecule has 0 bridgehead atoms. The monoisotopic (exact) mass is 334 g/mol. The summed E-state index contributed by atoms with van der Waals surface area (Å²) < 4.78 is 10.2. The van der Waals surface area contributed by atoms with E-state index in [1.165, 1.54) is 0 Å². The minimum atomic E-state index is -1.07. The van der Waals surface area contributed by atoms with Gasteiger partial charge in [0.15, 0.2) is 6.07 Å². The van der Waals surface area contributed by atoms with Crippen LogP contribution in [0.3, 0.4) is 0 Å². The number of carbonyl (C=O) groups is 2. The van der Waals surface area contributed by atoms with E-state index in [1.54, 1.807) is 20.8 Å². The third kappa shape index (κ3) is 5.32. The number of piperidine rings is 1. The average molecular weight is 335 g/mol. The van der Waals surface area contributed by atoms with Crippen molar-refractivity contribution in [3.8, 4) is 0 Å². The molecule has 0 aliphatic carbocycles. The van der Waals surface area contributed by atoms with E-state index in [9.17, 15) is 9.59 Å². The van der Waals surface area contributed by atoms with Crippen molar-refractivity contribution in [3.63, 3.8) is 0 Å². The van der Waals surface area contributed by atoms with Gasteiger partial charge in [-0.1, -0.05) is 11.6 Å². The van der Waals surface area contributed by atoms with Gasteiger partial charge in [0.1, 0.15) is 11.1 Å². The van der Waals surface area contributed by atoms with E-state index in [0.717, 1.165) is 0 Å². The Bertz CT molecular complexity index is 399. The van der Waals surface area contributed by atoms with Gasteiger partial charge in [0.25, 0.3) is 0 Å². The molecule has 0 aromatic rings. The second-order valence-corrected chi connectivity index (χ2v) is 7.10. The lowest BCUT2D eigenvalue weighted by molar-refractivity contribution is -0.152. The van der Waals surface area contributed by atoms with Crippen molar-refractivity contribution < 1.29 is 19.1 Å². The highest BCUT2D eigenvalue weighted by atomic mass is 35.5. The molecule has 0 saturated carbocycles. The van der Waals surface area contributed by atoms with Crippen molar-refractivity contribution >= 4 is 23.7 Å². The molecule has 128 valence electrons. The van der Waals surface area contributed by atoms with Crippen molar-refractivity contribution in [2.75, 3.05) is 19.2 Å². The molecule has 0 atom stereocenters. The van der Waals surface area contributed by atoms with Crippen LogP contribution in [0.5, 0.6) is 0 Å². The Labute approximate surface area is 137 Å². The molecular formula is C15H27ClN2O4. The van der Waals surface area contributed by atoms with Crippen LogP contribution in [-0.4, -0.2) is 53.3 Å². The zero-order valence-corrected chi connectivity index (χ0v) is 14.8. The molecule has 0 aromatic carbocycles. The van der Waals surface area contributed by atoms with E-state index >= 15 is 0 Å². The zero-order chi connectivity index (χ0) is 17.0. The van der Waals surface area contributed by atoms with E-state index < -0.39 is 23.2 Å². The maximum absolute atomic E-state index is 12.3. The van der Waals surface area contributed by atoms with Gasteiger partial charge in [-0.05, 0) is 47.5 Å². The van der Waals surface area contributed by atoms with Gasteiger partial charge < -0.3 is 19.7 Å². The van der Waals surface area contributed by atoms with Crippen LogP contribution in [0.2, 0.25) is 0 Å². The Morgan fingerprint density at radius 2 is 1.82 bits per heavy atom. The smallest absolute Gasteiger partial charge is 0.408 e. The first-order chi connectivity index (χ1) is 10.1. The quantitative estimate of drug-likeness (QED) is 0.632. The second kappa shape index (κ2) is 7.51. The zero-order valence-electron chi connectivity index (χ0n) is 14.1. The van der Waals surface area contributed by atoms with E-state index in [-0.39, 0.29) is 6.07 Å². The van der Waals surface area contributed by atoms with Gasteiger partial charge in [-0.25, -0.2) is 9.59 Å². The predicted octanol–water partition coefficient (Wildman–Crippen LogP) is 2.49. The fourth-order valence-corrected chi connectivity index (χ4v) is 2.59. The fourth-order valence-electron chi connectivity index (χ4n) is 2.49. The highest BCUT2D eigenvalue weighted by Gasteiger charge is 2.45. The van der Waals surface area contributed by atoms with Gasteiger partial charge in [-0.3, -0.25) is 0 Å². The second-order valence-electron chi connectivity index (χ2n) is 6.88. The molecule has 0 spiro atoms. The lowest BCUT2D eigenvalue weighted by Crippen LogP contribution is -2.61. The van der Waals surface area contributed by atoms with Crippen LogP contribution in [0.25, 0.3) is 0 Å². The SMILES string of the molecule is CC(C)N1CCC(NC(=O)OC(C)(C)C)(C(=O)OCCl)CC1. The minimum absolute atomic E-state index is 0.232. The Kier molecular flexibility index (Phi) is 6.50. The summed E-state index contributed by atoms with van der Waals surface area (Å²) in [6.07, 6.45) is 0.331. The maximum atomic E-state index is 12.3. The molecule has 0 aromatic heterocycles. The highest BCUT2D eigenvalue weighted by molar-refractivity contribution is 6.17. The number of hydrogen-bond acceptors (Lipinski definition) is 5. The summed E-state index contributed by atoms with van der Waals surface area (Å²) in [4.78, 5) is 26.6. The number of carbonyl (C=O) groups excluding carboxylic acids is 2. The molecule has 6 nitrogen and oxygen atoms in total. The van der Waals surface area contributed by atoms with E-state index in [0.29, 0.717) is 32.0 Å². The van der Waals surface area contributed by atoms with Gasteiger partial charge in [0, 0.05) is 19.1 Å². The first-order valence-electron chi connectivity index (χ1n) is 7.58. The third-order valence-corrected chi connectivity index (χ3v) is 3.81. The first-order valence-corrected chi connectivity index (χ1v) is 8.11. The van der Waals surface area contributed by atoms with Crippen LogP contribution in [0.15, 0.2) is 0 Å². The third-order valence-electron chi connectivity index (χ3n) is 3.70. The Morgan fingerprint density at radius 3 is 2.23 bits per heavy atom. The number of alkyl carbamates (subject to hydrolysis) is 1. The summed E-state index contributed by atoms with van der Waals surface area (Å²) in [6.45, 7) is 10.9. The lowest BCUT2D eigenvalue weighted by atomic mass is 9.87. The molecule has 1 fully saturated rings. The molecule has 0 unspecified atom stereocenters. The number of nitrogens with one attached hydrogen (secondary N) is 1. The van der Waals surface area contributed by atoms with Crippen molar-refractivity contribution in [1.29, 1.82) is 0 Å². The standard InChI is InChI=1S/C15H27ClN2O4/c1-11(2)18-8-6-15(7-9-18,12(19)21-10-16)17-13(20)22-14(3,4)5/h11H,6-10H2,1-5H3,(H,17,20). The largest absolute Gasteiger partial charge is 0.448 e. The summed E-state index contributed by atoms with van der Waals surface area (Å²) in [6, 6.07) is 0.161.